The first-order chi connectivity index (χ1) is 10.9. The third kappa shape index (κ3) is 4.34. The van der Waals surface area contributed by atoms with Gasteiger partial charge in [0.05, 0.1) is 6.04 Å². The van der Waals surface area contributed by atoms with Crippen molar-refractivity contribution >= 4 is 11.8 Å². The molecule has 4 nitrogen and oxygen atoms in total. The number of likely N-dealkylation sites (N-methyl/N-ethyl adjacent to an activating group) is 1. The van der Waals surface area contributed by atoms with Gasteiger partial charge in [-0.1, -0.05) is 31.4 Å². The summed E-state index contributed by atoms with van der Waals surface area (Å²) in [7, 11) is 1.70. The van der Waals surface area contributed by atoms with Gasteiger partial charge in [0.15, 0.2) is 5.78 Å². The first kappa shape index (κ1) is 17.5. The average molecular weight is 316 g/mol. The highest BCUT2D eigenvalue weighted by Crippen LogP contribution is 2.18. The van der Waals surface area contributed by atoms with Crippen LogP contribution in [0.5, 0.6) is 0 Å². The molecule has 2 amide bonds. The van der Waals surface area contributed by atoms with Crippen LogP contribution < -0.4 is 5.32 Å². The smallest absolute Gasteiger partial charge is 0.317 e. The summed E-state index contributed by atoms with van der Waals surface area (Å²) < 4.78 is 0. The highest BCUT2D eigenvalue weighted by Gasteiger charge is 2.25. The Hall–Kier alpha value is -1.84. The lowest BCUT2D eigenvalue weighted by molar-refractivity contribution is 0.0884. The average Bonchev–Trinajstić information content (AvgIpc) is 2.56. The predicted octanol–water partition coefficient (Wildman–Crippen LogP) is 3.85. The Morgan fingerprint density at radius 2 is 1.78 bits per heavy atom. The van der Waals surface area contributed by atoms with Gasteiger partial charge < -0.3 is 10.2 Å². The first-order valence-electron chi connectivity index (χ1n) is 8.55. The fourth-order valence-corrected chi connectivity index (χ4v) is 3.01. The Kier molecular flexibility index (Phi) is 5.80. The van der Waals surface area contributed by atoms with Crippen molar-refractivity contribution < 1.29 is 9.59 Å². The second kappa shape index (κ2) is 7.62. The second-order valence-corrected chi connectivity index (χ2v) is 6.73. The zero-order valence-corrected chi connectivity index (χ0v) is 14.7. The van der Waals surface area contributed by atoms with Crippen LogP contribution in [0.3, 0.4) is 0 Å². The molecular formula is C19H28N2O2. The van der Waals surface area contributed by atoms with Gasteiger partial charge in [0.25, 0.3) is 0 Å². The van der Waals surface area contributed by atoms with Crippen LogP contribution in [0.4, 0.5) is 4.79 Å². The van der Waals surface area contributed by atoms with Crippen LogP contribution in [-0.2, 0) is 0 Å². The monoisotopic (exact) mass is 316 g/mol. The molecule has 1 fully saturated rings. The molecule has 23 heavy (non-hydrogen) atoms. The van der Waals surface area contributed by atoms with Crippen molar-refractivity contribution in [3.63, 3.8) is 0 Å². The van der Waals surface area contributed by atoms with Crippen LogP contribution in [0.2, 0.25) is 0 Å². The van der Waals surface area contributed by atoms with Gasteiger partial charge in [-0.25, -0.2) is 4.79 Å². The third-order valence-electron chi connectivity index (χ3n) is 5.00. The number of carbonyl (C=O) groups excluding carboxylic acids is 2. The number of nitrogens with zero attached hydrogens (tertiary/aromatic N) is 1. The van der Waals surface area contributed by atoms with Crippen molar-refractivity contribution in [3.8, 4) is 0 Å². The zero-order valence-electron chi connectivity index (χ0n) is 14.7. The van der Waals surface area contributed by atoms with E-state index in [1.807, 2.05) is 32.0 Å². The minimum Gasteiger partial charge on any atom is -0.335 e. The Morgan fingerprint density at radius 1 is 1.13 bits per heavy atom. The van der Waals surface area contributed by atoms with E-state index in [0.717, 1.165) is 24.0 Å². The number of hydrogen-bond donors (Lipinski definition) is 1. The number of Topliss-reactive ketones (excluding diaryl/α,β-unsaturated/α-hetero) is 1. The van der Waals surface area contributed by atoms with Gasteiger partial charge in [-0.05, 0) is 50.8 Å². The summed E-state index contributed by atoms with van der Waals surface area (Å²) in [5, 5.41) is 3.06. The van der Waals surface area contributed by atoms with E-state index in [1.54, 1.807) is 14.0 Å². The molecule has 1 saturated carbocycles. The Labute approximate surface area is 139 Å². The number of aryl methyl sites for hydroxylation is 2. The van der Waals surface area contributed by atoms with Crippen molar-refractivity contribution in [1.29, 1.82) is 0 Å². The first-order valence-corrected chi connectivity index (χ1v) is 8.55. The Balaban J connectivity index is 1.99. The molecule has 0 heterocycles. The predicted molar refractivity (Wildman–Crippen MR) is 92.9 cm³/mol. The molecule has 1 unspecified atom stereocenters. The van der Waals surface area contributed by atoms with Crippen LogP contribution in [0.25, 0.3) is 0 Å². The molecule has 1 aromatic carbocycles. The number of carbonyl (C=O) groups is 2. The van der Waals surface area contributed by atoms with Crippen molar-refractivity contribution in [2.45, 2.75) is 65.0 Å². The molecule has 0 radical (unpaired) electrons. The zero-order chi connectivity index (χ0) is 17.0. The SMILES string of the molecule is Cc1ccc(C(=O)C(C)N(C)C(=O)NC2CCCCC2)cc1C. The van der Waals surface area contributed by atoms with Gasteiger partial charge in [0, 0.05) is 18.7 Å². The second-order valence-electron chi connectivity index (χ2n) is 6.73. The van der Waals surface area contributed by atoms with Gasteiger partial charge >= 0.3 is 6.03 Å². The van der Waals surface area contributed by atoms with Gasteiger partial charge in [0.2, 0.25) is 0 Å². The highest BCUT2D eigenvalue weighted by atomic mass is 16.2. The van der Waals surface area contributed by atoms with Crippen molar-refractivity contribution in [2.75, 3.05) is 7.05 Å². The molecule has 1 aromatic rings. The molecule has 1 N–H and O–H groups in total. The summed E-state index contributed by atoms with van der Waals surface area (Å²) in [6.07, 6.45) is 5.68. The van der Waals surface area contributed by atoms with Crippen molar-refractivity contribution in [2.24, 2.45) is 0 Å². The lowest BCUT2D eigenvalue weighted by atomic mass is 9.95. The molecule has 1 aliphatic rings. The number of nitrogens with one attached hydrogen (secondary N) is 1. The van der Waals surface area contributed by atoms with Crippen molar-refractivity contribution in [3.05, 3.63) is 34.9 Å². The molecule has 1 aliphatic carbocycles. The number of ketones is 1. The molecule has 0 saturated heterocycles. The van der Waals surface area contributed by atoms with Crippen LogP contribution in [0.1, 0.15) is 60.5 Å². The molecule has 1 atom stereocenters. The highest BCUT2D eigenvalue weighted by molar-refractivity contribution is 6.01. The van der Waals surface area contributed by atoms with Crippen LogP contribution in [0, 0.1) is 13.8 Å². The van der Waals surface area contributed by atoms with Crippen LogP contribution >= 0.6 is 0 Å². The van der Waals surface area contributed by atoms with E-state index in [4.69, 9.17) is 0 Å². The largest absolute Gasteiger partial charge is 0.335 e. The van der Waals surface area contributed by atoms with E-state index in [2.05, 4.69) is 5.32 Å². The minimum atomic E-state index is -0.472. The van der Waals surface area contributed by atoms with E-state index in [1.165, 1.54) is 24.2 Å². The molecule has 0 aromatic heterocycles. The summed E-state index contributed by atoms with van der Waals surface area (Å²) in [4.78, 5) is 26.5. The minimum absolute atomic E-state index is 0.0191. The fourth-order valence-electron chi connectivity index (χ4n) is 3.01. The van der Waals surface area contributed by atoms with E-state index < -0.39 is 6.04 Å². The summed E-state index contributed by atoms with van der Waals surface area (Å²) in [5.41, 5.74) is 2.92. The van der Waals surface area contributed by atoms with E-state index in [0.29, 0.717) is 5.56 Å². The fraction of sp³-hybridized carbons (Fsp3) is 0.579. The van der Waals surface area contributed by atoms with Crippen molar-refractivity contribution in [1.82, 2.24) is 10.2 Å². The lowest BCUT2D eigenvalue weighted by Crippen LogP contribution is -2.49. The van der Waals surface area contributed by atoms with E-state index in [9.17, 15) is 9.59 Å². The maximum absolute atomic E-state index is 12.6. The Morgan fingerprint density at radius 3 is 2.39 bits per heavy atom. The topological polar surface area (TPSA) is 49.4 Å². The molecule has 4 heteroatoms. The molecular weight excluding hydrogens is 288 g/mol. The molecule has 0 bridgehead atoms. The van der Waals surface area contributed by atoms with Gasteiger partial charge in [0.1, 0.15) is 0 Å². The third-order valence-corrected chi connectivity index (χ3v) is 5.00. The summed E-state index contributed by atoms with van der Waals surface area (Å²) in [6, 6.07) is 5.33. The molecule has 126 valence electrons. The summed E-state index contributed by atoms with van der Waals surface area (Å²) in [5.74, 6) is -0.0191. The van der Waals surface area contributed by atoms with Gasteiger partial charge in [-0.2, -0.15) is 0 Å². The summed E-state index contributed by atoms with van der Waals surface area (Å²) >= 11 is 0. The lowest BCUT2D eigenvalue weighted by Gasteiger charge is -2.29. The van der Waals surface area contributed by atoms with E-state index in [-0.39, 0.29) is 17.9 Å². The van der Waals surface area contributed by atoms with Crippen LogP contribution in [-0.4, -0.2) is 35.8 Å². The van der Waals surface area contributed by atoms with Gasteiger partial charge in [-0.3, -0.25) is 4.79 Å². The number of benzene rings is 1. The molecule has 0 aliphatic heterocycles. The number of urea groups is 1. The maximum Gasteiger partial charge on any atom is 0.317 e. The standard InChI is InChI=1S/C19H28N2O2/c1-13-10-11-16(12-14(13)2)18(22)15(3)21(4)19(23)20-17-8-6-5-7-9-17/h10-12,15,17H,5-9H2,1-4H3,(H,20,23). The number of hydrogen-bond acceptors (Lipinski definition) is 2. The quantitative estimate of drug-likeness (QED) is 0.858. The van der Waals surface area contributed by atoms with Crippen LogP contribution in [0.15, 0.2) is 18.2 Å². The maximum atomic E-state index is 12.6. The van der Waals surface area contributed by atoms with Gasteiger partial charge in [-0.15, -0.1) is 0 Å². The van der Waals surface area contributed by atoms with E-state index >= 15 is 0 Å². The summed E-state index contributed by atoms with van der Waals surface area (Å²) in [6.45, 7) is 5.81. The molecule has 0 spiro atoms. The normalized spacial score (nSPS) is 16.7. The number of rotatable bonds is 4. The Bertz CT molecular complexity index is 577. The number of amides is 2. The molecule has 2 rings (SSSR count).